The Bertz CT molecular complexity index is 468. The maximum atomic E-state index is 12.3. The monoisotopic (exact) mass is 248 g/mol. The highest BCUT2D eigenvalue weighted by atomic mass is 16.4. The van der Waals surface area contributed by atoms with Crippen LogP contribution in [-0.2, 0) is 11.3 Å². The smallest absolute Gasteiger partial charge is 0.236 e. The first-order chi connectivity index (χ1) is 8.60. The maximum absolute atomic E-state index is 12.3. The molecular formula is C12H16N4O2. The van der Waals surface area contributed by atoms with E-state index in [4.69, 9.17) is 10.9 Å². The third kappa shape index (κ3) is 2.13. The Balaban J connectivity index is 2.06. The molecule has 1 fully saturated rings. The van der Waals surface area contributed by atoms with E-state index < -0.39 is 5.41 Å². The number of carbonyl (C=O) groups excluding carboxylic acids is 1. The maximum Gasteiger partial charge on any atom is 0.236 e. The number of nitrogens with two attached hydrogens (primary N) is 1. The van der Waals surface area contributed by atoms with Crippen molar-refractivity contribution in [3.63, 3.8) is 0 Å². The lowest BCUT2D eigenvalue weighted by atomic mass is 10.0. The third-order valence-corrected chi connectivity index (χ3v) is 3.27. The van der Waals surface area contributed by atoms with Crippen molar-refractivity contribution in [2.75, 3.05) is 7.05 Å². The third-order valence-electron chi connectivity index (χ3n) is 3.27. The molecule has 6 heteroatoms. The van der Waals surface area contributed by atoms with Gasteiger partial charge in [-0.2, -0.15) is 0 Å². The molecule has 0 aliphatic heterocycles. The SMILES string of the molecule is CN(Cc1ccncc1)C(=O)C1(/C(N)=N/O)CC1. The highest BCUT2D eigenvalue weighted by Gasteiger charge is 2.55. The number of amidine groups is 1. The molecule has 1 aliphatic rings. The van der Waals surface area contributed by atoms with Gasteiger partial charge in [0.1, 0.15) is 5.41 Å². The molecule has 96 valence electrons. The molecule has 1 aliphatic carbocycles. The van der Waals surface area contributed by atoms with Gasteiger partial charge in [-0.25, -0.2) is 0 Å². The fraction of sp³-hybridized carbons (Fsp3) is 0.417. The summed E-state index contributed by atoms with van der Waals surface area (Å²) in [5.74, 6) is -0.0938. The second kappa shape index (κ2) is 4.64. The van der Waals surface area contributed by atoms with Crippen LogP contribution < -0.4 is 5.73 Å². The summed E-state index contributed by atoms with van der Waals surface area (Å²) in [5.41, 5.74) is 5.80. The van der Waals surface area contributed by atoms with Gasteiger partial charge in [0.25, 0.3) is 0 Å². The number of amides is 1. The fourth-order valence-corrected chi connectivity index (χ4v) is 2.00. The van der Waals surface area contributed by atoms with Crippen LogP contribution in [0.15, 0.2) is 29.7 Å². The minimum atomic E-state index is -0.781. The second-order valence-corrected chi connectivity index (χ2v) is 4.58. The van der Waals surface area contributed by atoms with Crippen LogP contribution in [0.1, 0.15) is 18.4 Å². The van der Waals surface area contributed by atoms with Crippen LogP contribution in [0.2, 0.25) is 0 Å². The van der Waals surface area contributed by atoms with Crippen molar-refractivity contribution in [1.82, 2.24) is 9.88 Å². The Labute approximate surface area is 105 Å². The van der Waals surface area contributed by atoms with Gasteiger partial charge in [-0.3, -0.25) is 9.78 Å². The van der Waals surface area contributed by atoms with Gasteiger partial charge in [0.2, 0.25) is 5.91 Å². The zero-order valence-corrected chi connectivity index (χ0v) is 10.2. The number of hydrogen-bond donors (Lipinski definition) is 2. The van der Waals surface area contributed by atoms with Gasteiger partial charge >= 0.3 is 0 Å². The zero-order chi connectivity index (χ0) is 13.2. The second-order valence-electron chi connectivity index (χ2n) is 4.58. The predicted molar refractivity (Wildman–Crippen MR) is 65.8 cm³/mol. The first kappa shape index (κ1) is 12.3. The van der Waals surface area contributed by atoms with Gasteiger partial charge in [0.15, 0.2) is 5.84 Å². The molecule has 0 aromatic carbocycles. The van der Waals surface area contributed by atoms with Crippen LogP contribution in [-0.4, -0.2) is 33.9 Å². The molecule has 0 saturated heterocycles. The summed E-state index contributed by atoms with van der Waals surface area (Å²) >= 11 is 0. The van der Waals surface area contributed by atoms with Crippen molar-refractivity contribution in [3.8, 4) is 0 Å². The molecule has 1 heterocycles. The minimum Gasteiger partial charge on any atom is -0.409 e. The quantitative estimate of drug-likeness (QED) is 0.352. The molecule has 0 bridgehead atoms. The van der Waals surface area contributed by atoms with E-state index >= 15 is 0 Å². The van der Waals surface area contributed by atoms with Crippen molar-refractivity contribution in [3.05, 3.63) is 30.1 Å². The van der Waals surface area contributed by atoms with E-state index in [1.807, 2.05) is 12.1 Å². The molecule has 2 rings (SSSR count). The van der Waals surface area contributed by atoms with E-state index in [9.17, 15) is 4.79 Å². The molecule has 0 radical (unpaired) electrons. The molecular weight excluding hydrogens is 232 g/mol. The number of carbonyl (C=O) groups is 1. The van der Waals surface area contributed by atoms with Crippen LogP contribution in [0, 0.1) is 5.41 Å². The lowest BCUT2D eigenvalue weighted by Crippen LogP contribution is -2.41. The molecule has 1 saturated carbocycles. The zero-order valence-electron chi connectivity index (χ0n) is 10.2. The molecule has 1 amide bonds. The molecule has 18 heavy (non-hydrogen) atoms. The number of oxime groups is 1. The summed E-state index contributed by atoms with van der Waals surface area (Å²) in [6.45, 7) is 0.488. The van der Waals surface area contributed by atoms with Gasteiger partial charge in [0.05, 0.1) is 0 Å². The highest BCUT2D eigenvalue weighted by molar-refractivity contribution is 6.09. The van der Waals surface area contributed by atoms with E-state index in [2.05, 4.69) is 10.1 Å². The number of pyridine rings is 1. The number of rotatable bonds is 4. The molecule has 0 spiro atoms. The van der Waals surface area contributed by atoms with Crippen LogP contribution in [0.25, 0.3) is 0 Å². The number of aromatic nitrogens is 1. The first-order valence-electron chi connectivity index (χ1n) is 5.72. The van der Waals surface area contributed by atoms with Gasteiger partial charge in [0, 0.05) is 26.0 Å². The number of nitrogens with zero attached hydrogens (tertiary/aromatic N) is 3. The summed E-state index contributed by atoms with van der Waals surface area (Å²) in [7, 11) is 1.72. The van der Waals surface area contributed by atoms with Crippen molar-refractivity contribution in [1.29, 1.82) is 0 Å². The molecule has 0 atom stereocenters. The Kier molecular flexibility index (Phi) is 3.18. The van der Waals surface area contributed by atoms with Crippen LogP contribution in [0.5, 0.6) is 0 Å². The molecule has 0 unspecified atom stereocenters. The normalized spacial score (nSPS) is 17.3. The van der Waals surface area contributed by atoms with Crippen molar-refractivity contribution in [2.45, 2.75) is 19.4 Å². The first-order valence-corrected chi connectivity index (χ1v) is 5.72. The Morgan fingerprint density at radius 3 is 2.67 bits per heavy atom. The molecule has 1 aromatic rings. The van der Waals surface area contributed by atoms with Gasteiger partial charge in [-0.1, -0.05) is 5.16 Å². The Morgan fingerprint density at radius 2 is 2.17 bits per heavy atom. The number of hydrogen-bond acceptors (Lipinski definition) is 4. The van der Waals surface area contributed by atoms with Crippen LogP contribution in [0.3, 0.4) is 0 Å². The minimum absolute atomic E-state index is 0.00841. The van der Waals surface area contributed by atoms with E-state index in [0.717, 1.165) is 5.56 Å². The van der Waals surface area contributed by atoms with Gasteiger partial charge in [-0.15, -0.1) is 0 Å². The summed E-state index contributed by atoms with van der Waals surface area (Å²) < 4.78 is 0. The average molecular weight is 248 g/mol. The van der Waals surface area contributed by atoms with Gasteiger partial charge < -0.3 is 15.8 Å². The van der Waals surface area contributed by atoms with Crippen LogP contribution in [0.4, 0.5) is 0 Å². The lowest BCUT2D eigenvalue weighted by molar-refractivity contribution is -0.133. The largest absolute Gasteiger partial charge is 0.409 e. The Morgan fingerprint density at radius 1 is 1.56 bits per heavy atom. The van der Waals surface area contributed by atoms with Crippen LogP contribution >= 0.6 is 0 Å². The summed E-state index contributed by atoms with van der Waals surface area (Å²) in [6, 6.07) is 3.71. The van der Waals surface area contributed by atoms with E-state index in [0.29, 0.717) is 19.4 Å². The summed E-state index contributed by atoms with van der Waals surface area (Å²) in [5, 5.41) is 11.7. The topological polar surface area (TPSA) is 91.8 Å². The van der Waals surface area contributed by atoms with E-state index in [1.165, 1.54) is 0 Å². The lowest BCUT2D eigenvalue weighted by Gasteiger charge is -2.22. The van der Waals surface area contributed by atoms with Gasteiger partial charge in [-0.05, 0) is 30.5 Å². The standard InChI is InChI=1S/C12H16N4O2/c1-16(8-9-2-6-14-7-3-9)11(17)12(4-5-12)10(13)15-18/h2-3,6-7,18H,4-5,8H2,1H3,(H2,13,15). The average Bonchev–Trinajstić information content (AvgIpc) is 3.19. The Hall–Kier alpha value is -2.11. The predicted octanol–water partition coefficient (Wildman–Crippen LogP) is 0.567. The molecule has 3 N–H and O–H groups in total. The highest BCUT2D eigenvalue weighted by Crippen LogP contribution is 2.47. The summed E-state index contributed by atoms with van der Waals surface area (Å²) in [4.78, 5) is 17.8. The van der Waals surface area contributed by atoms with E-state index in [1.54, 1.807) is 24.3 Å². The molecule has 1 aromatic heterocycles. The summed E-state index contributed by atoms with van der Waals surface area (Å²) in [6.07, 6.45) is 4.65. The van der Waals surface area contributed by atoms with E-state index in [-0.39, 0.29) is 11.7 Å². The fourth-order valence-electron chi connectivity index (χ4n) is 2.00. The van der Waals surface area contributed by atoms with Crippen molar-refractivity contribution < 1.29 is 10.0 Å². The molecule has 6 nitrogen and oxygen atoms in total. The van der Waals surface area contributed by atoms with Crippen molar-refractivity contribution >= 4 is 11.7 Å². The van der Waals surface area contributed by atoms with Crippen molar-refractivity contribution in [2.24, 2.45) is 16.3 Å².